The number of aliphatic hydroxyl groups is 1. The monoisotopic (exact) mass is 1030 g/mol. The number of phosphoric ester groups is 1. The average molecular weight is 1030 g/mol. The molecule has 0 rings (SSSR count). The van der Waals surface area contributed by atoms with Crippen molar-refractivity contribution in [1.29, 1.82) is 0 Å². The van der Waals surface area contributed by atoms with Crippen LogP contribution in [0.3, 0.4) is 0 Å². The van der Waals surface area contributed by atoms with Crippen molar-refractivity contribution < 1.29 is 52.2 Å². The Morgan fingerprint density at radius 2 is 0.750 bits per heavy atom. The molecule has 11 nitrogen and oxygen atoms in total. The molecule has 0 saturated carbocycles. The fraction of sp³-hybridized carbons (Fsp3) is 0.717. The highest BCUT2D eigenvalue weighted by Crippen LogP contribution is 2.43. The number of ether oxygens (including phenoxy) is 3. The van der Waals surface area contributed by atoms with Gasteiger partial charge < -0.3 is 24.2 Å². The lowest BCUT2D eigenvalue weighted by molar-refractivity contribution is -0.161. The van der Waals surface area contributed by atoms with Gasteiger partial charge in [-0.3, -0.25) is 23.4 Å². The smallest absolute Gasteiger partial charge is 0.462 e. The summed E-state index contributed by atoms with van der Waals surface area (Å²) in [7, 11) is -4.76. The molecule has 414 valence electrons. The Balaban J connectivity index is 4.78. The molecule has 0 aliphatic carbocycles. The molecule has 0 amide bonds. The van der Waals surface area contributed by atoms with E-state index in [0.717, 1.165) is 122 Å². The Kier molecular flexibility index (Phi) is 51.4. The minimum atomic E-state index is -4.76. The molecule has 2 N–H and O–H groups in total. The Bertz CT molecular complexity index is 1530. The van der Waals surface area contributed by atoms with Crippen molar-refractivity contribution in [2.75, 3.05) is 26.4 Å². The van der Waals surface area contributed by atoms with E-state index >= 15 is 0 Å². The summed E-state index contributed by atoms with van der Waals surface area (Å²) in [5.41, 5.74) is 0. The van der Waals surface area contributed by atoms with E-state index in [9.17, 15) is 28.9 Å². The quantitative estimate of drug-likeness (QED) is 0.0197. The van der Waals surface area contributed by atoms with Gasteiger partial charge in [0.1, 0.15) is 12.7 Å². The maximum atomic E-state index is 12.9. The number of unbranched alkanes of at least 4 members (excludes halogenated alkanes) is 21. The lowest BCUT2D eigenvalue weighted by Crippen LogP contribution is -2.30. The molecule has 0 radical (unpaired) electrons. The summed E-state index contributed by atoms with van der Waals surface area (Å²) < 4.78 is 39.4. The molecule has 0 aromatic carbocycles. The van der Waals surface area contributed by atoms with E-state index in [-0.39, 0.29) is 25.9 Å². The van der Waals surface area contributed by atoms with Gasteiger partial charge in [-0.1, -0.05) is 215 Å². The number of hydrogen-bond acceptors (Lipinski definition) is 10. The second kappa shape index (κ2) is 53.9. The third kappa shape index (κ3) is 51.6. The molecule has 3 unspecified atom stereocenters. The van der Waals surface area contributed by atoms with Crippen LogP contribution in [0.1, 0.15) is 239 Å². The number of carbonyl (C=O) groups is 3. The third-order valence-corrected chi connectivity index (χ3v) is 12.7. The van der Waals surface area contributed by atoms with Gasteiger partial charge in [-0.05, 0) is 89.9 Å². The first-order valence-corrected chi connectivity index (χ1v) is 30.0. The van der Waals surface area contributed by atoms with Crippen molar-refractivity contribution in [3.63, 3.8) is 0 Å². The van der Waals surface area contributed by atoms with Crippen LogP contribution in [0.15, 0.2) is 85.1 Å². The van der Waals surface area contributed by atoms with Crippen LogP contribution in [0.4, 0.5) is 0 Å². The zero-order chi connectivity index (χ0) is 52.7. The SMILES string of the molecule is CC/C=C\C/C=C\C/C=C\C/C=C\C/C=C\CCCCCC(=O)OCC(COP(=O)(O)OCC(CO)OC(=O)CCCCCCCCCCCCCCC)OC(=O)CCCCCCC/C=C\C/C=C\CCC. The van der Waals surface area contributed by atoms with E-state index in [1.165, 1.54) is 57.8 Å². The van der Waals surface area contributed by atoms with Crippen molar-refractivity contribution in [2.45, 2.75) is 251 Å². The molecule has 0 heterocycles. The minimum absolute atomic E-state index is 0.141. The molecule has 72 heavy (non-hydrogen) atoms. The van der Waals surface area contributed by atoms with E-state index in [0.29, 0.717) is 19.3 Å². The highest BCUT2D eigenvalue weighted by atomic mass is 31.2. The lowest BCUT2D eigenvalue weighted by Gasteiger charge is -2.21. The van der Waals surface area contributed by atoms with Gasteiger partial charge in [-0.25, -0.2) is 4.57 Å². The van der Waals surface area contributed by atoms with E-state index in [1.807, 2.05) is 0 Å². The van der Waals surface area contributed by atoms with Gasteiger partial charge in [0.05, 0.1) is 19.8 Å². The van der Waals surface area contributed by atoms with Gasteiger partial charge in [0.25, 0.3) is 0 Å². The van der Waals surface area contributed by atoms with E-state index in [4.69, 9.17) is 23.3 Å². The summed E-state index contributed by atoms with van der Waals surface area (Å²) in [6, 6.07) is 0. The molecule has 0 aromatic heterocycles. The third-order valence-electron chi connectivity index (χ3n) is 11.8. The molecule has 12 heteroatoms. The summed E-state index contributed by atoms with van der Waals surface area (Å²) in [4.78, 5) is 48.5. The van der Waals surface area contributed by atoms with Gasteiger partial charge in [0, 0.05) is 19.3 Å². The molecular formula is C60H103O11P. The molecule has 3 atom stereocenters. The predicted molar refractivity (Wildman–Crippen MR) is 298 cm³/mol. The molecule has 0 aliphatic heterocycles. The Morgan fingerprint density at radius 1 is 0.403 bits per heavy atom. The Morgan fingerprint density at radius 3 is 1.18 bits per heavy atom. The number of allylic oxidation sites excluding steroid dienone is 14. The standard InChI is InChI=1S/C60H103O11P/c1-4-7-10-13-16-19-22-25-26-27-28-29-30-33-34-37-40-43-46-49-58(62)67-53-57(71-60(64)51-48-45-42-39-36-32-24-21-18-15-12-9-6-3)55-69-72(65,66)68-54-56(52-61)70-59(63)50-47-44-41-38-35-31-23-20-17-14-11-8-5-2/h7,10,12,15-16,19,21,24-26,28-29,33-34,56-57,61H,4-6,8-9,11,13-14,17-18,20,22-23,27,30-32,35-55H2,1-3H3,(H,65,66)/b10-7-,15-12-,19-16-,24-21-,26-25-,29-28-,34-33-. The van der Waals surface area contributed by atoms with Crippen molar-refractivity contribution in [3.8, 4) is 0 Å². The number of phosphoric acid groups is 1. The zero-order valence-corrected chi connectivity index (χ0v) is 46.5. The fourth-order valence-corrected chi connectivity index (χ4v) is 8.26. The van der Waals surface area contributed by atoms with Gasteiger partial charge in [0.2, 0.25) is 0 Å². The van der Waals surface area contributed by atoms with Crippen LogP contribution in [0.5, 0.6) is 0 Å². The fourth-order valence-electron chi connectivity index (χ4n) is 7.48. The van der Waals surface area contributed by atoms with Crippen molar-refractivity contribution in [2.24, 2.45) is 0 Å². The van der Waals surface area contributed by atoms with E-state index < -0.39 is 57.8 Å². The molecule has 0 spiro atoms. The highest BCUT2D eigenvalue weighted by molar-refractivity contribution is 7.47. The van der Waals surface area contributed by atoms with Gasteiger partial charge in [-0.2, -0.15) is 0 Å². The second-order valence-electron chi connectivity index (χ2n) is 18.7. The van der Waals surface area contributed by atoms with Gasteiger partial charge >= 0.3 is 25.7 Å². The molecule has 0 aliphatic rings. The summed E-state index contributed by atoms with van der Waals surface area (Å²) in [5.74, 6) is -1.52. The number of esters is 3. The highest BCUT2D eigenvalue weighted by Gasteiger charge is 2.28. The zero-order valence-electron chi connectivity index (χ0n) is 45.6. The number of hydrogen-bond donors (Lipinski definition) is 2. The first kappa shape index (κ1) is 68.7. The molecule has 0 fully saturated rings. The summed E-state index contributed by atoms with van der Waals surface area (Å²) in [6.45, 7) is 4.41. The number of rotatable bonds is 52. The largest absolute Gasteiger partial charge is 0.472 e. The molecule has 0 saturated heterocycles. The van der Waals surface area contributed by atoms with Crippen LogP contribution < -0.4 is 0 Å². The van der Waals surface area contributed by atoms with E-state index in [1.54, 1.807) is 0 Å². The van der Waals surface area contributed by atoms with Crippen LogP contribution in [-0.2, 0) is 42.2 Å². The summed E-state index contributed by atoms with van der Waals surface area (Å²) >= 11 is 0. The topological polar surface area (TPSA) is 155 Å². The minimum Gasteiger partial charge on any atom is -0.462 e. The van der Waals surface area contributed by atoms with Gasteiger partial charge in [0.15, 0.2) is 6.10 Å². The maximum absolute atomic E-state index is 12.9. The average Bonchev–Trinajstić information content (AvgIpc) is 3.37. The van der Waals surface area contributed by atoms with Crippen LogP contribution >= 0.6 is 7.82 Å². The van der Waals surface area contributed by atoms with Crippen molar-refractivity contribution in [1.82, 2.24) is 0 Å². The van der Waals surface area contributed by atoms with Gasteiger partial charge in [-0.15, -0.1) is 0 Å². The molecule has 0 bridgehead atoms. The first-order chi connectivity index (χ1) is 35.2. The van der Waals surface area contributed by atoms with Crippen molar-refractivity contribution >= 4 is 25.7 Å². The van der Waals surface area contributed by atoms with Crippen LogP contribution in [0, 0.1) is 0 Å². The summed E-state index contributed by atoms with van der Waals surface area (Å²) in [5, 5.41) is 9.80. The Hall–Kier alpha value is -3.34. The lowest BCUT2D eigenvalue weighted by atomic mass is 10.0. The van der Waals surface area contributed by atoms with E-state index in [2.05, 4.69) is 106 Å². The molecular weight excluding hydrogens is 928 g/mol. The normalized spacial score (nSPS) is 14.0. The predicted octanol–water partition coefficient (Wildman–Crippen LogP) is 16.7. The second-order valence-corrected chi connectivity index (χ2v) is 20.2. The number of carbonyl (C=O) groups excluding carboxylic acids is 3. The molecule has 0 aromatic rings. The number of aliphatic hydroxyl groups excluding tert-OH is 1. The van der Waals surface area contributed by atoms with Crippen molar-refractivity contribution in [3.05, 3.63) is 85.1 Å². The van der Waals surface area contributed by atoms with Crippen LogP contribution in [0.25, 0.3) is 0 Å². The Labute approximate surface area is 439 Å². The van der Waals surface area contributed by atoms with Crippen LogP contribution in [-0.4, -0.2) is 66.5 Å². The summed E-state index contributed by atoms with van der Waals surface area (Å²) in [6.07, 6.45) is 61.1. The first-order valence-electron chi connectivity index (χ1n) is 28.5. The van der Waals surface area contributed by atoms with Crippen LogP contribution in [0.2, 0.25) is 0 Å². The maximum Gasteiger partial charge on any atom is 0.472 e.